The van der Waals surface area contributed by atoms with Gasteiger partial charge in [0.15, 0.2) is 0 Å². The van der Waals surface area contributed by atoms with Crippen LogP contribution in [0.3, 0.4) is 0 Å². The third-order valence-electron chi connectivity index (χ3n) is 4.36. The maximum atomic E-state index is 12.4. The lowest BCUT2D eigenvalue weighted by molar-refractivity contribution is -0.384. The van der Waals surface area contributed by atoms with Gasteiger partial charge in [-0.05, 0) is 42.8 Å². The van der Waals surface area contributed by atoms with E-state index in [1.54, 1.807) is 36.4 Å². The lowest BCUT2D eigenvalue weighted by atomic mass is 10.1. The van der Waals surface area contributed by atoms with Gasteiger partial charge in [0.1, 0.15) is 0 Å². The Kier molecular flexibility index (Phi) is 6.44. The molecule has 0 aliphatic rings. The summed E-state index contributed by atoms with van der Waals surface area (Å²) in [5.74, 6) is -0.683. The number of nitro groups is 1. The molecule has 8 heteroatoms. The minimum Gasteiger partial charge on any atom is -0.348 e. The van der Waals surface area contributed by atoms with E-state index in [0.717, 1.165) is 17.2 Å². The first-order valence-electron chi connectivity index (χ1n) is 9.02. The number of non-ortho nitro benzene ring substituents is 1. The van der Waals surface area contributed by atoms with Gasteiger partial charge in [-0.3, -0.25) is 19.7 Å². The molecule has 0 unspecified atom stereocenters. The molecular formula is C22H18ClN3O4. The smallest absolute Gasteiger partial charge is 0.270 e. The number of halogens is 1. The first kappa shape index (κ1) is 21.0. The summed E-state index contributed by atoms with van der Waals surface area (Å²) in [6, 6.07) is 18.0. The highest BCUT2D eigenvalue weighted by Gasteiger charge is 2.15. The fourth-order valence-electron chi connectivity index (χ4n) is 2.75. The number of hydrogen-bond acceptors (Lipinski definition) is 4. The molecule has 152 valence electrons. The third kappa shape index (κ3) is 5.21. The van der Waals surface area contributed by atoms with Crippen molar-refractivity contribution in [2.45, 2.75) is 13.5 Å². The van der Waals surface area contributed by atoms with Crippen LogP contribution in [0.4, 0.5) is 11.4 Å². The SMILES string of the molecule is Cc1ccc(C(=O)Nc2cccc(CNC(=O)c3ccc([N+](=O)[O-])cc3Cl)c2)cc1. The molecule has 0 radical (unpaired) electrons. The molecule has 0 aromatic heterocycles. The van der Waals surface area contributed by atoms with Crippen molar-refractivity contribution >= 4 is 34.8 Å². The molecule has 0 atom stereocenters. The second-order valence-corrected chi connectivity index (χ2v) is 7.03. The monoisotopic (exact) mass is 423 g/mol. The van der Waals surface area contributed by atoms with Crippen LogP contribution in [-0.4, -0.2) is 16.7 Å². The Hall–Kier alpha value is -3.71. The van der Waals surface area contributed by atoms with E-state index in [4.69, 9.17) is 11.6 Å². The van der Waals surface area contributed by atoms with Gasteiger partial charge in [0.2, 0.25) is 0 Å². The molecule has 0 fully saturated rings. The van der Waals surface area contributed by atoms with Crippen LogP contribution in [0.2, 0.25) is 5.02 Å². The van der Waals surface area contributed by atoms with Crippen molar-refractivity contribution in [1.82, 2.24) is 5.32 Å². The quantitative estimate of drug-likeness (QED) is 0.441. The van der Waals surface area contributed by atoms with Crippen molar-refractivity contribution in [1.29, 1.82) is 0 Å². The van der Waals surface area contributed by atoms with Crippen molar-refractivity contribution in [3.05, 3.63) is 104 Å². The highest BCUT2D eigenvalue weighted by Crippen LogP contribution is 2.22. The highest BCUT2D eigenvalue weighted by atomic mass is 35.5. The summed E-state index contributed by atoms with van der Waals surface area (Å²) in [5, 5.41) is 16.3. The van der Waals surface area contributed by atoms with Crippen LogP contribution in [-0.2, 0) is 6.54 Å². The van der Waals surface area contributed by atoms with E-state index >= 15 is 0 Å². The van der Waals surface area contributed by atoms with Crippen LogP contribution in [0.1, 0.15) is 31.8 Å². The van der Waals surface area contributed by atoms with Gasteiger partial charge in [-0.15, -0.1) is 0 Å². The average molecular weight is 424 g/mol. The molecule has 3 aromatic carbocycles. The maximum Gasteiger partial charge on any atom is 0.270 e. The first-order chi connectivity index (χ1) is 14.3. The standard InChI is InChI=1S/C22H18ClN3O4/c1-14-5-7-16(8-6-14)21(27)25-17-4-2-3-15(11-17)13-24-22(28)19-10-9-18(26(29)30)12-20(19)23/h2-12H,13H2,1H3,(H,24,28)(H,25,27). The molecule has 30 heavy (non-hydrogen) atoms. The normalized spacial score (nSPS) is 10.3. The number of amides is 2. The summed E-state index contributed by atoms with van der Waals surface area (Å²) in [7, 11) is 0. The van der Waals surface area contributed by atoms with Gasteiger partial charge in [-0.2, -0.15) is 0 Å². The molecular weight excluding hydrogens is 406 g/mol. The van der Waals surface area contributed by atoms with Gasteiger partial charge in [-0.25, -0.2) is 0 Å². The van der Waals surface area contributed by atoms with Crippen LogP contribution in [0, 0.1) is 17.0 Å². The zero-order valence-electron chi connectivity index (χ0n) is 16.0. The van der Waals surface area contributed by atoms with E-state index in [1.165, 1.54) is 12.1 Å². The molecule has 7 nitrogen and oxygen atoms in total. The van der Waals surface area contributed by atoms with E-state index in [1.807, 2.05) is 19.1 Å². The topological polar surface area (TPSA) is 101 Å². The maximum absolute atomic E-state index is 12.4. The number of carbonyl (C=O) groups is 2. The van der Waals surface area contributed by atoms with Gasteiger partial charge in [0, 0.05) is 29.9 Å². The summed E-state index contributed by atoms with van der Waals surface area (Å²) in [5.41, 5.74) is 2.94. The Morgan fingerprint density at radius 2 is 1.73 bits per heavy atom. The minimum atomic E-state index is -0.579. The van der Waals surface area contributed by atoms with Gasteiger partial charge in [-0.1, -0.05) is 41.4 Å². The minimum absolute atomic E-state index is 0.000752. The zero-order valence-corrected chi connectivity index (χ0v) is 16.8. The van der Waals surface area contributed by atoms with E-state index in [0.29, 0.717) is 11.3 Å². The molecule has 3 rings (SSSR count). The zero-order chi connectivity index (χ0) is 21.7. The summed E-state index contributed by atoms with van der Waals surface area (Å²) in [6.07, 6.45) is 0. The molecule has 2 N–H and O–H groups in total. The number of hydrogen-bond donors (Lipinski definition) is 2. The van der Waals surface area contributed by atoms with E-state index < -0.39 is 10.8 Å². The van der Waals surface area contributed by atoms with Crippen molar-refractivity contribution in [3.8, 4) is 0 Å². The van der Waals surface area contributed by atoms with Gasteiger partial charge < -0.3 is 10.6 Å². The van der Waals surface area contributed by atoms with Gasteiger partial charge in [0.05, 0.1) is 15.5 Å². The van der Waals surface area contributed by atoms with Crippen molar-refractivity contribution in [2.24, 2.45) is 0 Å². The van der Waals surface area contributed by atoms with Crippen molar-refractivity contribution < 1.29 is 14.5 Å². The average Bonchev–Trinajstić information content (AvgIpc) is 2.72. The largest absolute Gasteiger partial charge is 0.348 e. The van der Waals surface area contributed by atoms with Crippen LogP contribution >= 0.6 is 11.6 Å². The fourth-order valence-corrected chi connectivity index (χ4v) is 3.01. The van der Waals surface area contributed by atoms with Crippen LogP contribution < -0.4 is 10.6 Å². The number of anilines is 1. The Morgan fingerprint density at radius 3 is 2.40 bits per heavy atom. The molecule has 0 heterocycles. The second kappa shape index (κ2) is 9.19. The number of carbonyl (C=O) groups excluding carboxylic acids is 2. The lowest BCUT2D eigenvalue weighted by Gasteiger charge is -2.10. The lowest BCUT2D eigenvalue weighted by Crippen LogP contribution is -2.23. The van der Waals surface area contributed by atoms with Gasteiger partial charge >= 0.3 is 0 Å². The Morgan fingerprint density at radius 1 is 1.00 bits per heavy atom. The number of rotatable bonds is 6. The molecule has 0 bridgehead atoms. The summed E-state index contributed by atoms with van der Waals surface area (Å²) >= 11 is 5.99. The Bertz CT molecular complexity index is 1110. The summed E-state index contributed by atoms with van der Waals surface area (Å²) in [6.45, 7) is 2.14. The Balaban J connectivity index is 1.64. The van der Waals surface area contributed by atoms with Crippen LogP contribution in [0.15, 0.2) is 66.7 Å². The Labute approximate surface area is 177 Å². The molecule has 0 aliphatic heterocycles. The molecule has 0 aliphatic carbocycles. The van der Waals surface area contributed by atoms with Gasteiger partial charge in [0.25, 0.3) is 17.5 Å². The number of nitrogens with one attached hydrogen (secondary N) is 2. The number of benzene rings is 3. The molecule has 0 spiro atoms. The first-order valence-corrected chi connectivity index (χ1v) is 9.40. The van der Waals surface area contributed by atoms with Crippen molar-refractivity contribution in [3.63, 3.8) is 0 Å². The second-order valence-electron chi connectivity index (χ2n) is 6.62. The molecule has 3 aromatic rings. The van der Waals surface area contributed by atoms with Crippen LogP contribution in [0.5, 0.6) is 0 Å². The number of nitrogens with zero attached hydrogens (tertiary/aromatic N) is 1. The van der Waals surface area contributed by atoms with E-state index in [9.17, 15) is 19.7 Å². The summed E-state index contributed by atoms with van der Waals surface area (Å²) < 4.78 is 0. The predicted octanol–water partition coefficient (Wildman–Crippen LogP) is 4.74. The third-order valence-corrected chi connectivity index (χ3v) is 4.67. The summed E-state index contributed by atoms with van der Waals surface area (Å²) in [4.78, 5) is 34.9. The highest BCUT2D eigenvalue weighted by molar-refractivity contribution is 6.34. The predicted molar refractivity (Wildman–Crippen MR) is 115 cm³/mol. The van der Waals surface area contributed by atoms with Crippen molar-refractivity contribution in [2.75, 3.05) is 5.32 Å². The number of aryl methyl sites for hydroxylation is 1. The molecule has 0 saturated heterocycles. The molecule has 0 saturated carbocycles. The number of nitro benzene ring substituents is 1. The molecule has 2 amide bonds. The van der Waals surface area contributed by atoms with E-state index in [-0.39, 0.29) is 28.7 Å². The van der Waals surface area contributed by atoms with Crippen LogP contribution in [0.25, 0.3) is 0 Å². The fraction of sp³-hybridized carbons (Fsp3) is 0.0909. The van der Waals surface area contributed by atoms with E-state index in [2.05, 4.69) is 10.6 Å².